The molecule has 6 nitrogen and oxygen atoms in total. The quantitative estimate of drug-likeness (QED) is 0.933. The third kappa shape index (κ3) is 2.86. The first-order valence-electron chi connectivity index (χ1n) is 8.73. The van der Waals surface area contributed by atoms with Gasteiger partial charge in [-0.25, -0.2) is 4.98 Å². The summed E-state index contributed by atoms with van der Waals surface area (Å²) in [5.74, 6) is 0.850. The van der Waals surface area contributed by atoms with Gasteiger partial charge in [0.2, 0.25) is 5.91 Å². The minimum atomic E-state index is -0.647. The van der Waals surface area contributed by atoms with Gasteiger partial charge < -0.3 is 19.0 Å². The first-order chi connectivity index (χ1) is 11.7. The van der Waals surface area contributed by atoms with E-state index in [1.807, 2.05) is 17.4 Å². The predicted molar refractivity (Wildman–Crippen MR) is 87.1 cm³/mol. The molecular weight excluding hydrogens is 306 g/mol. The fourth-order valence-electron chi connectivity index (χ4n) is 4.04. The summed E-state index contributed by atoms with van der Waals surface area (Å²) in [6.45, 7) is 1.66. The van der Waals surface area contributed by atoms with Crippen LogP contribution in [0.4, 0.5) is 0 Å². The highest BCUT2D eigenvalue weighted by molar-refractivity contribution is 5.79. The molecule has 1 amide bonds. The zero-order chi connectivity index (χ0) is 16.5. The molecule has 3 atom stereocenters. The van der Waals surface area contributed by atoms with Gasteiger partial charge in [-0.3, -0.25) is 4.79 Å². The maximum absolute atomic E-state index is 13.0. The molecule has 0 aliphatic carbocycles. The Kier molecular flexibility index (Phi) is 4.14. The summed E-state index contributed by atoms with van der Waals surface area (Å²) < 4.78 is 7.42. The molecule has 0 spiro atoms. The van der Waals surface area contributed by atoms with Crippen LogP contribution in [0.25, 0.3) is 0 Å². The number of rotatable bonds is 4. The Morgan fingerprint density at radius 1 is 1.42 bits per heavy atom. The van der Waals surface area contributed by atoms with Gasteiger partial charge in [0.15, 0.2) is 0 Å². The zero-order valence-corrected chi connectivity index (χ0v) is 13.7. The summed E-state index contributed by atoms with van der Waals surface area (Å²) in [7, 11) is 0. The molecule has 0 radical (unpaired) electrons. The lowest BCUT2D eigenvalue weighted by molar-refractivity contribution is -0.137. The standard InChI is InChI=1S/C18H23N3O3/c22-16(17-4-2-8-24-17)10-14-3-1-6-21(14)18(23)13-5-7-20-12-19-11-15(20)9-13/h2,4,8,11-14,16,22H,1,3,5-7,9-10H2. The molecule has 0 aromatic carbocycles. The second kappa shape index (κ2) is 6.43. The van der Waals surface area contributed by atoms with Gasteiger partial charge in [-0.1, -0.05) is 0 Å². The molecular formula is C18H23N3O3. The Balaban J connectivity index is 1.42. The van der Waals surface area contributed by atoms with E-state index in [0.29, 0.717) is 12.2 Å². The number of aryl methyl sites for hydroxylation is 1. The number of carbonyl (C=O) groups excluding carboxylic acids is 1. The van der Waals surface area contributed by atoms with Gasteiger partial charge in [-0.2, -0.15) is 0 Å². The second-order valence-electron chi connectivity index (χ2n) is 6.86. The van der Waals surface area contributed by atoms with Gasteiger partial charge in [0, 0.05) is 49.8 Å². The number of imidazole rings is 1. The second-order valence-corrected chi connectivity index (χ2v) is 6.86. The van der Waals surface area contributed by atoms with Crippen LogP contribution in [0, 0.1) is 5.92 Å². The molecule has 1 N–H and O–H groups in total. The van der Waals surface area contributed by atoms with Crippen molar-refractivity contribution in [3.05, 3.63) is 42.4 Å². The van der Waals surface area contributed by atoms with Crippen molar-refractivity contribution in [1.82, 2.24) is 14.5 Å². The summed E-state index contributed by atoms with van der Waals surface area (Å²) in [5.41, 5.74) is 1.14. The van der Waals surface area contributed by atoms with Crippen molar-refractivity contribution in [2.45, 2.75) is 50.8 Å². The van der Waals surface area contributed by atoms with Crippen LogP contribution in [0.15, 0.2) is 35.3 Å². The van der Waals surface area contributed by atoms with Crippen LogP contribution in [0.1, 0.15) is 43.2 Å². The Morgan fingerprint density at radius 3 is 3.17 bits per heavy atom. The molecule has 128 valence electrons. The molecule has 1 saturated heterocycles. The van der Waals surface area contributed by atoms with E-state index in [0.717, 1.165) is 44.5 Å². The fraction of sp³-hybridized carbons (Fsp3) is 0.556. The van der Waals surface area contributed by atoms with Crippen molar-refractivity contribution in [3.8, 4) is 0 Å². The van der Waals surface area contributed by atoms with Crippen LogP contribution in [-0.2, 0) is 17.8 Å². The number of fused-ring (bicyclic) bond motifs is 1. The Labute approximate surface area is 141 Å². The molecule has 24 heavy (non-hydrogen) atoms. The van der Waals surface area contributed by atoms with Crippen LogP contribution in [0.3, 0.4) is 0 Å². The molecule has 0 bridgehead atoms. The number of furan rings is 1. The summed E-state index contributed by atoms with van der Waals surface area (Å²) in [4.78, 5) is 19.2. The highest BCUT2D eigenvalue weighted by atomic mass is 16.4. The Hall–Kier alpha value is -2.08. The largest absolute Gasteiger partial charge is 0.467 e. The van der Waals surface area contributed by atoms with Gasteiger partial charge in [-0.05, 0) is 31.4 Å². The third-order valence-corrected chi connectivity index (χ3v) is 5.35. The Morgan fingerprint density at radius 2 is 2.33 bits per heavy atom. The number of hydrogen-bond acceptors (Lipinski definition) is 4. The predicted octanol–water partition coefficient (Wildman–Crippen LogP) is 2.15. The lowest BCUT2D eigenvalue weighted by Gasteiger charge is -2.31. The van der Waals surface area contributed by atoms with Crippen LogP contribution in [0.5, 0.6) is 0 Å². The highest BCUT2D eigenvalue weighted by Gasteiger charge is 2.36. The highest BCUT2D eigenvalue weighted by Crippen LogP contribution is 2.31. The van der Waals surface area contributed by atoms with Crippen molar-refractivity contribution in [3.63, 3.8) is 0 Å². The third-order valence-electron chi connectivity index (χ3n) is 5.35. The maximum atomic E-state index is 13.0. The minimum absolute atomic E-state index is 0.0376. The van der Waals surface area contributed by atoms with Crippen molar-refractivity contribution < 1.29 is 14.3 Å². The number of aliphatic hydroxyl groups excluding tert-OH is 1. The molecule has 3 unspecified atom stereocenters. The minimum Gasteiger partial charge on any atom is -0.467 e. The van der Waals surface area contributed by atoms with E-state index in [1.54, 1.807) is 18.4 Å². The van der Waals surface area contributed by atoms with E-state index >= 15 is 0 Å². The van der Waals surface area contributed by atoms with Gasteiger partial charge in [0.05, 0.1) is 12.6 Å². The van der Waals surface area contributed by atoms with Crippen LogP contribution >= 0.6 is 0 Å². The van der Waals surface area contributed by atoms with Gasteiger partial charge in [-0.15, -0.1) is 0 Å². The molecule has 6 heteroatoms. The SMILES string of the molecule is O=C(C1CCn2cncc2C1)N1CCCC1CC(O)c1ccco1. The summed E-state index contributed by atoms with van der Waals surface area (Å²) in [5, 5.41) is 10.3. The molecule has 2 aromatic heterocycles. The number of aromatic nitrogens is 2. The number of amides is 1. The van der Waals surface area contributed by atoms with E-state index in [4.69, 9.17) is 4.42 Å². The van der Waals surface area contributed by atoms with Crippen molar-refractivity contribution in [2.24, 2.45) is 5.92 Å². The van der Waals surface area contributed by atoms with Crippen LogP contribution in [-0.4, -0.2) is 38.1 Å². The smallest absolute Gasteiger partial charge is 0.226 e. The molecule has 0 saturated carbocycles. The number of likely N-dealkylation sites (tertiary alicyclic amines) is 1. The monoisotopic (exact) mass is 329 g/mol. The van der Waals surface area contributed by atoms with Crippen LogP contribution in [0.2, 0.25) is 0 Å². The summed E-state index contributed by atoms with van der Waals surface area (Å²) in [6.07, 6.45) is 8.77. The molecule has 4 heterocycles. The molecule has 2 aliphatic rings. The first-order valence-corrected chi connectivity index (χ1v) is 8.73. The van der Waals surface area contributed by atoms with E-state index < -0.39 is 6.10 Å². The molecule has 4 rings (SSSR count). The summed E-state index contributed by atoms with van der Waals surface area (Å²) >= 11 is 0. The van der Waals surface area contributed by atoms with Crippen molar-refractivity contribution >= 4 is 5.91 Å². The van der Waals surface area contributed by atoms with E-state index in [9.17, 15) is 9.90 Å². The molecule has 2 aliphatic heterocycles. The maximum Gasteiger partial charge on any atom is 0.226 e. The van der Waals surface area contributed by atoms with Crippen molar-refractivity contribution in [1.29, 1.82) is 0 Å². The Bertz CT molecular complexity index is 694. The molecule has 1 fully saturated rings. The lowest BCUT2D eigenvalue weighted by atomic mass is 9.94. The van der Waals surface area contributed by atoms with E-state index in [-0.39, 0.29) is 17.9 Å². The van der Waals surface area contributed by atoms with E-state index in [2.05, 4.69) is 9.55 Å². The first kappa shape index (κ1) is 15.4. The van der Waals surface area contributed by atoms with Gasteiger partial charge in [0.1, 0.15) is 11.9 Å². The normalized spacial score (nSPS) is 24.8. The topological polar surface area (TPSA) is 71.5 Å². The number of aliphatic hydroxyl groups is 1. The number of nitrogens with zero attached hydrogens (tertiary/aromatic N) is 3. The number of carbonyl (C=O) groups is 1. The lowest BCUT2D eigenvalue weighted by Crippen LogP contribution is -2.42. The van der Waals surface area contributed by atoms with Crippen molar-refractivity contribution in [2.75, 3.05) is 6.54 Å². The average molecular weight is 329 g/mol. The molecule has 2 aromatic rings. The van der Waals surface area contributed by atoms with Gasteiger partial charge in [0.25, 0.3) is 0 Å². The fourth-order valence-corrected chi connectivity index (χ4v) is 4.04. The average Bonchev–Trinajstić information content (AvgIpc) is 3.34. The summed E-state index contributed by atoms with van der Waals surface area (Å²) in [6, 6.07) is 3.67. The van der Waals surface area contributed by atoms with Gasteiger partial charge >= 0.3 is 0 Å². The van der Waals surface area contributed by atoms with E-state index in [1.165, 1.54) is 0 Å². The zero-order valence-electron chi connectivity index (χ0n) is 13.7. The number of hydrogen-bond donors (Lipinski definition) is 1. The van der Waals surface area contributed by atoms with Crippen LogP contribution < -0.4 is 0 Å².